The minimum absolute atomic E-state index is 0.262. The molecule has 0 saturated heterocycles. The third kappa shape index (κ3) is 2.84. The van der Waals surface area contributed by atoms with Crippen LogP contribution in [0.1, 0.15) is 36.8 Å². The second-order valence-electron chi connectivity index (χ2n) is 5.38. The maximum absolute atomic E-state index is 12.4. The summed E-state index contributed by atoms with van der Waals surface area (Å²) in [5.74, 6) is 2.53. The lowest BCUT2D eigenvalue weighted by molar-refractivity contribution is 0.0997. The van der Waals surface area contributed by atoms with Crippen molar-refractivity contribution < 1.29 is 4.79 Å². The van der Waals surface area contributed by atoms with Crippen molar-refractivity contribution in [2.75, 3.05) is 5.75 Å². The highest BCUT2D eigenvalue weighted by atomic mass is 32.2. The van der Waals surface area contributed by atoms with Crippen LogP contribution in [0.2, 0.25) is 0 Å². The van der Waals surface area contributed by atoms with Gasteiger partial charge in [0.15, 0.2) is 5.78 Å². The van der Waals surface area contributed by atoms with Crippen molar-refractivity contribution in [2.45, 2.75) is 32.4 Å². The Balaban J connectivity index is 1.78. The van der Waals surface area contributed by atoms with Crippen LogP contribution in [0.15, 0.2) is 24.3 Å². The summed E-state index contributed by atoms with van der Waals surface area (Å²) in [5, 5.41) is 0. The number of hydrogen-bond donors (Lipinski definition) is 0. The first-order chi connectivity index (χ1) is 9.63. The molecule has 1 aromatic heterocycles. The van der Waals surface area contributed by atoms with Crippen molar-refractivity contribution in [2.24, 2.45) is 0 Å². The maximum Gasteiger partial charge on any atom is 0.177 e. The first kappa shape index (κ1) is 13.9. The van der Waals surface area contributed by atoms with Gasteiger partial charge in [-0.2, -0.15) is 11.8 Å². The number of ketones is 1. The van der Waals surface area contributed by atoms with Crippen molar-refractivity contribution in [1.29, 1.82) is 0 Å². The zero-order chi connectivity index (χ0) is 14.1. The summed E-state index contributed by atoms with van der Waals surface area (Å²) < 4.78 is 0. The van der Waals surface area contributed by atoms with Crippen LogP contribution in [0, 0.1) is 13.8 Å². The van der Waals surface area contributed by atoms with Crippen LogP contribution in [0.25, 0.3) is 0 Å². The van der Waals surface area contributed by atoms with Gasteiger partial charge in [0, 0.05) is 17.1 Å². The van der Waals surface area contributed by atoms with Crippen LogP contribution < -0.4 is 0 Å². The summed E-state index contributed by atoms with van der Waals surface area (Å²) in [4.78, 5) is 14.8. The van der Waals surface area contributed by atoms with E-state index in [-0.39, 0.29) is 5.78 Å². The molecule has 0 unspecified atom stereocenters. The highest BCUT2D eigenvalue weighted by molar-refractivity contribution is 7.98. The number of Topliss-reactive ketones (excluding diaryl/α,β-unsaturated/α-hetero) is 1. The van der Waals surface area contributed by atoms with E-state index in [4.69, 9.17) is 0 Å². The van der Waals surface area contributed by atoms with Crippen LogP contribution in [0.3, 0.4) is 0 Å². The molecule has 0 spiro atoms. The van der Waals surface area contributed by atoms with Gasteiger partial charge in [-0.15, -0.1) is 11.3 Å². The number of rotatable bonds is 3. The molecule has 0 aliphatic carbocycles. The molecule has 104 valence electrons. The fourth-order valence-electron chi connectivity index (χ4n) is 2.47. The second-order valence-corrected chi connectivity index (χ2v) is 7.62. The van der Waals surface area contributed by atoms with Gasteiger partial charge >= 0.3 is 0 Å². The number of thiophene rings is 1. The first-order valence-electron chi connectivity index (χ1n) is 6.92. The number of fused-ring (bicyclic) bond motifs is 1. The summed E-state index contributed by atoms with van der Waals surface area (Å²) in [7, 11) is 0. The van der Waals surface area contributed by atoms with E-state index in [2.05, 4.69) is 38.1 Å². The Hall–Kier alpha value is -1.06. The van der Waals surface area contributed by atoms with E-state index in [1.807, 2.05) is 11.8 Å². The first-order valence-corrected chi connectivity index (χ1v) is 8.89. The lowest BCUT2D eigenvalue weighted by Crippen LogP contribution is -2.01. The van der Waals surface area contributed by atoms with Crippen LogP contribution in [-0.4, -0.2) is 11.5 Å². The standard InChI is InChI=1S/C17H18OS2/c1-11-3-4-13(7-12(11)2)8-15(18)17-9-14-10-19-6-5-16(14)20-17/h3-4,7,9H,5-6,8,10H2,1-2H3. The fourth-order valence-corrected chi connectivity index (χ4v) is 4.78. The topological polar surface area (TPSA) is 17.1 Å². The highest BCUT2D eigenvalue weighted by Crippen LogP contribution is 2.32. The Labute approximate surface area is 128 Å². The van der Waals surface area contributed by atoms with Gasteiger partial charge < -0.3 is 0 Å². The van der Waals surface area contributed by atoms with E-state index in [1.54, 1.807) is 11.3 Å². The van der Waals surface area contributed by atoms with Gasteiger partial charge in [0.1, 0.15) is 0 Å². The molecule has 20 heavy (non-hydrogen) atoms. The summed E-state index contributed by atoms with van der Waals surface area (Å²) >= 11 is 3.67. The predicted molar refractivity (Wildman–Crippen MR) is 88.1 cm³/mol. The van der Waals surface area contributed by atoms with Gasteiger partial charge in [-0.25, -0.2) is 0 Å². The second kappa shape index (κ2) is 5.74. The van der Waals surface area contributed by atoms with E-state index in [0.717, 1.165) is 22.6 Å². The van der Waals surface area contributed by atoms with E-state index in [0.29, 0.717) is 6.42 Å². The van der Waals surface area contributed by atoms with E-state index in [9.17, 15) is 4.79 Å². The predicted octanol–water partition coefficient (Wildman–Crippen LogP) is 4.58. The zero-order valence-electron chi connectivity index (χ0n) is 11.9. The summed E-state index contributed by atoms with van der Waals surface area (Å²) in [6.45, 7) is 4.20. The number of hydrogen-bond acceptors (Lipinski definition) is 3. The Kier molecular flexibility index (Phi) is 3.99. The molecule has 2 heterocycles. The molecule has 1 nitrogen and oxygen atoms in total. The molecule has 0 atom stereocenters. The molecular weight excluding hydrogens is 284 g/mol. The average Bonchev–Trinajstić information content (AvgIpc) is 2.87. The molecule has 0 saturated carbocycles. The van der Waals surface area contributed by atoms with Gasteiger partial charge in [0.25, 0.3) is 0 Å². The number of benzene rings is 1. The zero-order valence-corrected chi connectivity index (χ0v) is 13.5. The smallest absolute Gasteiger partial charge is 0.177 e. The Morgan fingerprint density at radius 3 is 2.80 bits per heavy atom. The number of thioether (sulfide) groups is 1. The highest BCUT2D eigenvalue weighted by Gasteiger charge is 2.17. The van der Waals surface area contributed by atoms with Gasteiger partial charge in [0.2, 0.25) is 0 Å². The largest absolute Gasteiger partial charge is 0.293 e. The van der Waals surface area contributed by atoms with Gasteiger partial charge in [-0.3, -0.25) is 4.79 Å². The van der Waals surface area contributed by atoms with Crippen molar-refractivity contribution >= 4 is 28.9 Å². The van der Waals surface area contributed by atoms with Crippen molar-refractivity contribution in [1.82, 2.24) is 0 Å². The fraction of sp³-hybridized carbons (Fsp3) is 0.353. The quantitative estimate of drug-likeness (QED) is 0.772. The third-order valence-electron chi connectivity index (χ3n) is 3.84. The minimum Gasteiger partial charge on any atom is -0.293 e. The molecule has 0 bridgehead atoms. The molecule has 0 fully saturated rings. The van der Waals surface area contributed by atoms with Crippen molar-refractivity contribution in [3.05, 3.63) is 56.3 Å². The lowest BCUT2D eigenvalue weighted by Gasteiger charge is -2.08. The van der Waals surface area contributed by atoms with E-state index < -0.39 is 0 Å². The van der Waals surface area contributed by atoms with Crippen molar-refractivity contribution in [3.8, 4) is 0 Å². The number of aryl methyl sites for hydroxylation is 3. The summed E-state index contributed by atoms with van der Waals surface area (Å²) in [6.07, 6.45) is 1.65. The Morgan fingerprint density at radius 1 is 1.20 bits per heavy atom. The average molecular weight is 302 g/mol. The van der Waals surface area contributed by atoms with Gasteiger partial charge in [-0.05, 0) is 54.3 Å². The molecule has 1 aliphatic rings. The lowest BCUT2D eigenvalue weighted by atomic mass is 10.0. The van der Waals surface area contributed by atoms with Gasteiger partial charge in [0.05, 0.1) is 4.88 Å². The summed E-state index contributed by atoms with van der Waals surface area (Å²) in [6, 6.07) is 8.43. The normalized spacial score (nSPS) is 14.1. The molecule has 0 N–H and O–H groups in total. The number of carbonyl (C=O) groups excluding carboxylic acids is 1. The molecule has 3 rings (SSSR count). The van der Waals surface area contributed by atoms with Crippen LogP contribution in [-0.2, 0) is 18.6 Å². The molecule has 0 radical (unpaired) electrons. The van der Waals surface area contributed by atoms with Gasteiger partial charge in [-0.1, -0.05) is 18.2 Å². The van der Waals surface area contributed by atoms with Crippen LogP contribution in [0.4, 0.5) is 0 Å². The van der Waals surface area contributed by atoms with E-state index >= 15 is 0 Å². The molecule has 3 heteroatoms. The number of carbonyl (C=O) groups is 1. The maximum atomic E-state index is 12.4. The molecule has 1 aromatic carbocycles. The van der Waals surface area contributed by atoms with Crippen LogP contribution >= 0.6 is 23.1 Å². The molecule has 0 amide bonds. The summed E-state index contributed by atoms with van der Waals surface area (Å²) in [5.41, 5.74) is 5.05. The SMILES string of the molecule is Cc1ccc(CC(=O)c2cc3c(s2)CCSC3)cc1C. The molecule has 1 aliphatic heterocycles. The Bertz CT molecular complexity index is 632. The van der Waals surface area contributed by atoms with E-state index in [1.165, 1.54) is 27.3 Å². The minimum atomic E-state index is 0.262. The van der Waals surface area contributed by atoms with Crippen molar-refractivity contribution in [3.63, 3.8) is 0 Å². The Morgan fingerprint density at radius 2 is 2.05 bits per heavy atom. The molecule has 2 aromatic rings. The monoisotopic (exact) mass is 302 g/mol. The molecular formula is C17H18OS2. The van der Waals surface area contributed by atoms with Crippen LogP contribution in [0.5, 0.6) is 0 Å². The third-order valence-corrected chi connectivity index (χ3v) is 6.12.